The largest absolute Gasteiger partial charge is 0.295 e. The Bertz CT molecular complexity index is 112. The van der Waals surface area contributed by atoms with Crippen molar-refractivity contribution in [2.45, 2.75) is 47.0 Å². The van der Waals surface area contributed by atoms with Gasteiger partial charge in [-0.05, 0) is 26.2 Å². The molecule has 0 heterocycles. The molecule has 0 aliphatic heterocycles. The number of rotatable bonds is 5. The van der Waals surface area contributed by atoms with Gasteiger partial charge in [-0.2, -0.15) is 0 Å². The number of aliphatic imine (C=N–C) groups is 1. The zero-order valence-corrected chi connectivity index (χ0v) is 8.35. The minimum absolute atomic E-state index is 0.850. The van der Waals surface area contributed by atoms with Gasteiger partial charge < -0.3 is 0 Å². The SMILES string of the molecule is CCCC(C)CCN=C(C)C. The molecule has 66 valence electrons. The van der Waals surface area contributed by atoms with Gasteiger partial charge in [-0.25, -0.2) is 0 Å². The second kappa shape index (κ2) is 6.38. The molecule has 0 radical (unpaired) electrons. The van der Waals surface area contributed by atoms with Crippen LogP contribution in [-0.4, -0.2) is 12.3 Å². The van der Waals surface area contributed by atoms with E-state index >= 15 is 0 Å². The van der Waals surface area contributed by atoms with Gasteiger partial charge in [0, 0.05) is 12.3 Å². The highest BCUT2D eigenvalue weighted by atomic mass is 14.7. The molecule has 0 aliphatic rings. The van der Waals surface area contributed by atoms with Crippen molar-refractivity contribution in [1.82, 2.24) is 0 Å². The van der Waals surface area contributed by atoms with E-state index < -0.39 is 0 Å². The minimum Gasteiger partial charge on any atom is -0.295 e. The maximum absolute atomic E-state index is 4.36. The molecule has 0 aromatic heterocycles. The molecular weight excluding hydrogens is 134 g/mol. The first-order valence-electron chi connectivity index (χ1n) is 4.64. The van der Waals surface area contributed by atoms with Crippen molar-refractivity contribution >= 4 is 5.71 Å². The molecule has 1 heteroatoms. The molecule has 0 saturated carbocycles. The fourth-order valence-electron chi connectivity index (χ4n) is 1.15. The van der Waals surface area contributed by atoms with Crippen molar-refractivity contribution in [3.8, 4) is 0 Å². The highest BCUT2D eigenvalue weighted by Gasteiger charge is 1.98. The molecule has 0 fully saturated rings. The number of hydrogen-bond donors (Lipinski definition) is 0. The summed E-state index contributed by atoms with van der Waals surface area (Å²) in [6.45, 7) is 9.69. The van der Waals surface area contributed by atoms with Crippen molar-refractivity contribution in [2.24, 2.45) is 10.9 Å². The fourth-order valence-corrected chi connectivity index (χ4v) is 1.15. The van der Waals surface area contributed by atoms with Crippen LogP contribution in [0.15, 0.2) is 4.99 Å². The van der Waals surface area contributed by atoms with Crippen LogP contribution < -0.4 is 0 Å². The minimum atomic E-state index is 0.850. The summed E-state index contributed by atoms with van der Waals surface area (Å²) in [5.74, 6) is 0.850. The summed E-state index contributed by atoms with van der Waals surface area (Å²) in [7, 11) is 0. The lowest BCUT2D eigenvalue weighted by Gasteiger charge is -2.06. The highest BCUT2D eigenvalue weighted by Crippen LogP contribution is 2.09. The van der Waals surface area contributed by atoms with Crippen LogP contribution >= 0.6 is 0 Å². The third-order valence-electron chi connectivity index (χ3n) is 1.83. The third-order valence-corrected chi connectivity index (χ3v) is 1.83. The maximum Gasteiger partial charge on any atom is 0.0390 e. The van der Waals surface area contributed by atoms with Crippen LogP contribution in [0.3, 0.4) is 0 Å². The Kier molecular flexibility index (Phi) is 6.19. The molecule has 1 unspecified atom stereocenters. The van der Waals surface area contributed by atoms with Crippen LogP contribution in [-0.2, 0) is 0 Å². The van der Waals surface area contributed by atoms with Crippen LogP contribution in [0.2, 0.25) is 0 Å². The second-order valence-electron chi connectivity index (χ2n) is 3.51. The van der Waals surface area contributed by atoms with Crippen molar-refractivity contribution in [3.05, 3.63) is 0 Å². The first kappa shape index (κ1) is 10.7. The highest BCUT2D eigenvalue weighted by molar-refractivity contribution is 5.78. The van der Waals surface area contributed by atoms with Crippen LogP contribution in [0.4, 0.5) is 0 Å². The smallest absolute Gasteiger partial charge is 0.0390 e. The summed E-state index contributed by atoms with van der Waals surface area (Å²) in [6, 6.07) is 0. The van der Waals surface area contributed by atoms with Crippen molar-refractivity contribution in [2.75, 3.05) is 6.54 Å². The predicted molar refractivity (Wildman–Crippen MR) is 52.3 cm³/mol. The average Bonchev–Trinajstić information content (AvgIpc) is 1.87. The zero-order valence-electron chi connectivity index (χ0n) is 8.35. The van der Waals surface area contributed by atoms with Crippen LogP contribution in [0.25, 0.3) is 0 Å². The molecule has 11 heavy (non-hydrogen) atoms. The van der Waals surface area contributed by atoms with Crippen LogP contribution in [0.1, 0.15) is 47.0 Å². The molecule has 0 spiro atoms. The van der Waals surface area contributed by atoms with Gasteiger partial charge in [0.2, 0.25) is 0 Å². The van der Waals surface area contributed by atoms with E-state index in [0.717, 1.165) is 12.5 Å². The summed E-state index contributed by atoms with van der Waals surface area (Å²) < 4.78 is 0. The molecule has 0 aromatic carbocycles. The Morgan fingerprint density at radius 3 is 2.36 bits per heavy atom. The Labute approximate surface area is 70.9 Å². The van der Waals surface area contributed by atoms with Gasteiger partial charge in [0.05, 0.1) is 0 Å². The monoisotopic (exact) mass is 155 g/mol. The summed E-state index contributed by atoms with van der Waals surface area (Å²) in [5.41, 5.74) is 1.20. The van der Waals surface area contributed by atoms with Gasteiger partial charge >= 0.3 is 0 Å². The molecule has 0 rings (SSSR count). The molecule has 0 aliphatic carbocycles. The van der Waals surface area contributed by atoms with E-state index in [0.29, 0.717) is 0 Å². The Morgan fingerprint density at radius 2 is 1.91 bits per heavy atom. The van der Waals surface area contributed by atoms with E-state index in [1.165, 1.54) is 25.0 Å². The van der Waals surface area contributed by atoms with Gasteiger partial charge in [0.15, 0.2) is 0 Å². The third kappa shape index (κ3) is 7.57. The molecule has 0 bridgehead atoms. The summed E-state index contributed by atoms with van der Waals surface area (Å²) >= 11 is 0. The molecule has 0 amide bonds. The van der Waals surface area contributed by atoms with E-state index in [4.69, 9.17) is 0 Å². The van der Waals surface area contributed by atoms with E-state index in [1.807, 2.05) is 0 Å². The first-order chi connectivity index (χ1) is 5.16. The molecule has 0 saturated heterocycles. The zero-order chi connectivity index (χ0) is 8.69. The normalized spacial score (nSPS) is 12.7. The fraction of sp³-hybridized carbons (Fsp3) is 0.900. The van der Waals surface area contributed by atoms with Gasteiger partial charge in [-0.15, -0.1) is 0 Å². The number of nitrogens with zero attached hydrogens (tertiary/aromatic N) is 1. The lowest BCUT2D eigenvalue weighted by molar-refractivity contribution is 0.493. The number of hydrogen-bond acceptors (Lipinski definition) is 1. The molecule has 1 atom stereocenters. The van der Waals surface area contributed by atoms with Gasteiger partial charge in [0.25, 0.3) is 0 Å². The molecule has 0 aromatic rings. The van der Waals surface area contributed by atoms with Gasteiger partial charge in [-0.1, -0.05) is 26.7 Å². The maximum atomic E-state index is 4.36. The Hall–Kier alpha value is -0.330. The molecular formula is C10H21N. The van der Waals surface area contributed by atoms with Crippen molar-refractivity contribution in [3.63, 3.8) is 0 Å². The lowest BCUT2D eigenvalue weighted by Crippen LogP contribution is -1.97. The van der Waals surface area contributed by atoms with Gasteiger partial charge in [-0.3, -0.25) is 4.99 Å². The van der Waals surface area contributed by atoms with Crippen molar-refractivity contribution < 1.29 is 0 Å². The Balaban J connectivity index is 3.31. The van der Waals surface area contributed by atoms with Gasteiger partial charge in [0.1, 0.15) is 0 Å². The summed E-state index contributed by atoms with van der Waals surface area (Å²) in [4.78, 5) is 4.36. The topological polar surface area (TPSA) is 12.4 Å². The van der Waals surface area contributed by atoms with Crippen molar-refractivity contribution in [1.29, 1.82) is 0 Å². The van der Waals surface area contributed by atoms with Crippen LogP contribution in [0.5, 0.6) is 0 Å². The van der Waals surface area contributed by atoms with Crippen LogP contribution in [0, 0.1) is 5.92 Å². The summed E-state index contributed by atoms with van der Waals surface area (Å²) in [5, 5.41) is 0. The lowest BCUT2D eigenvalue weighted by atomic mass is 10.0. The van der Waals surface area contributed by atoms with E-state index in [-0.39, 0.29) is 0 Å². The summed E-state index contributed by atoms with van der Waals surface area (Å²) in [6.07, 6.45) is 3.90. The quantitative estimate of drug-likeness (QED) is 0.540. The predicted octanol–water partition coefficient (Wildman–Crippen LogP) is 3.29. The Morgan fingerprint density at radius 1 is 1.27 bits per heavy atom. The van der Waals surface area contributed by atoms with E-state index in [1.54, 1.807) is 0 Å². The second-order valence-corrected chi connectivity index (χ2v) is 3.51. The standard InChI is InChI=1S/C10H21N/c1-5-6-10(4)7-8-11-9(2)3/h10H,5-8H2,1-4H3. The van der Waals surface area contributed by atoms with E-state index in [2.05, 4.69) is 32.7 Å². The first-order valence-corrected chi connectivity index (χ1v) is 4.64. The van der Waals surface area contributed by atoms with E-state index in [9.17, 15) is 0 Å². The average molecular weight is 155 g/mol. The molecule has 1 nitrogen and oxygen atoms in total. The molecule has 0 N–H and O–H groups in total.